The number of benzene rings is 1. The normalized spacial score (nSPS) is 14.1. The van der Waals surface area contributed by atoms with Gasteiger partial charge in [0.1, 0.15) is 0 Å². The summed E-state index contributed by atoms with van der Waals surface area (Å²) in [5, 5.41) is 0. The fourth-order valence-electron chi connectivity index (χ4n) is 1.12. The predicted molar refractivity (Wildman–Crippen MR) is 49.9 cm³/mol. The summed E-state index contributed by atoms with van der Waals surface area (Å²) < 4.78 is 42.1. The smallest absolute Gasteiger partial charge is 0.367 e. The third kappa shape index (κ3) is 2.48. The highest BCUT2D eigenvalue weighted by Gasteiger charge is 2.41. The molecule has 14 heavy (non-hydrogen) atoms. The van der Waals surface area contributed by atoms with Crippen LogP contribution in [0, 0.1) is 0 Å². The molecule has 0 fully saturated rings. The average Bonchev–Trinajstić information content (AvgIpc) is 2.07. The first kappa shape index (κ1) is 11.5. The Hall–Kier alpha value is -0.550. The Balaban J connectivity index is 3.08. The minimum absolute atomic E-state index is 0.0856. The highest BCUT2D eigenvalue weighted by Crippen LogP contribution is 2.38. The van der Waals surface area contributed by atoms with Crippen molar-refractivity contribution >= 4 is 15.9 Å². The fraction of sp³-hybridized carbons (Fsp3) is 0.333. The van der Waals surface area contributed by atoms with Gasteiger partial charge in [-0.3, -0.25) is 0 Å². The summed E-state index contributed by atoms with van der Waals surface area (Å²) in [6.07, 6.45) is -6.27. The van der Waals surface area contributed by atoms with Crippen molar-refractivity contribution in [2.24, 2.45) is 0 Å². The maximum absolute atomic E-state index is 12.4. The van der Waals surface area contributed by atoms with Gasteiger partial charge in [-0.2, -0.15) is 13.2 Å². The van der Waals surface area contributed by atoms with E-state index >= 15 is 0 Å². The van der Waals surface area contributed by atoms with Gasteiger partial charge in [-0.25, -0.2) is 0 Å². The molecule has 0 spiro atoms. The van der Waals surface area contributed by atoms with Crippen LogP contribution in [0.15, 0.2) is 28.7 Å². The van der Waals surface area contributed by atoms with Crippen LogP contribution in [0.1, 0.15) is 11.7 Å². The molecule has 1 aromatic carbocycles. The van der Waals surface area contributed by atoms with Crippen LogP contribution in [-0.4, -0.2) is 13.3 Å². The van der Waals surface area contributed by atoms with Crippen molar-refractivity contribution in [2.45, 2.75) is 12.3 Å². The third-order valence-electron chi connectivity index (χ3n) is 1.72. The Labute approximate surface area is 88.0 Å². The lowest BCUT2D eigenvalue weighted by atomic mass is 10.1. The highest BCUT2D eigenvalue weighted by molar-refractivity contribution is 9.10. The molecule has 0 heterocycles. The van der Waals surface area contributed by atoms with Crippen molar-refractivity contribution in [1.82, 2.24) is 0 Å². The molecule has 0 aliphatic carbocycles. The van der Waals surface area contributed by atoms with Crippen LogP contribution in [0.3, 0.4) is 0 Å². The van der Waals surface area contributed by atoms with Gasteiger partial charge in [0.2, 0.25) is 0 Å². The van der Waals surface area contributed by atoms with Gasteiger partial charge in [-0.1, -0.05) is 34.1 Å². The predicted octanol–water partition coefficient (Wildman–Crippen LogP) is 3.70. The Bertz CT molecular complexity index is 311. The molecule has 0 amide bonds. The molecule has 0 radical (unpaired) electrons. The van der Waals surface area contributed by atoms with E-state index in [0.29, 0.717) is 4.47 Å². The van der Waals surface area contributed by atoms with Crippen LogP contribution in [0.4, 0.5) is 13.2 Å². The van der Waals surface area contributed by atoms with E-state index in [0.717, 1.165) is 7.11 Å². The van der Waals surface area contributed by atoms with Crippen molar-refractivity contribution in [3.63, 3.8) is 0 Å². The second-order valence-corrected chi connectivity index (χ2v) is 3.53. The molecule has 0 aromatic heterocycles. The van der Waals surface area contributed by atoms with E-state index in [-0.39, 0.29) is 5.56 Å². The lowest BCUT2D eigenvalue weighted by Gasteiger charge is -2.19. The standard InChI is InChI=1S/C9H8BrF3O/c1-14-8(9(11,12)13)6-4-2-3-5-7(6)10/h2-5,8H,1H3. The van der Waals surface area contributed by atoms with Crippen LogP contribution in [0.2, 0.25) is 0 Å². The SMILES string of the molecule is COC(c1ccccc1Br)C(F)(F)F. The maximum Gasteiger partial charge on any atom is 0.418 e. The molecule has 1 aromatic rings. The average molecular weight is 269 g/mol. The van der Waals surface area contributed by atoms with E-state index in [1.807, 2.05) is 0 Å². The van der Waals surface area contributed by atoms with Crippen LogP contribution in [0.25, 0.3) is 0 Å². The fourth-order valence-corrected chi connectivity index (χ4v) is 1.62. The van der Waals surface area contributed by atoms with Gasteiger partial charge in [0.15, 0.2) is 6.10 Å². The van der Waals surface area contributed by atoms with E-state index in [2.05, 4.69) is 20.7 Å². The van der Waals surface area contributed by atoms with E-state index in [1.54, 1.807) is 12.1 Å². The number of hydrogen-bond donors (Lipinski definition) is 0. The first-order chi connectivity index (χ1) is 6.46. The molecular formula is C9H8BrF3O. The minimum atomic E-state index is -4.39. The monoisotopic (exact) mass is 268 g/mol. The summed E-state index contributed by atoms with van der Waals surface area (Å²) in [6, 6.07) is 6.12. The highest BCUT2D eigenvalue weighted by atomic mass is 79.9. The van der Waals surface area contributed by atoms with Crippen LogP contribution in [-0.2, 0) is 4.74 Å². The second kappa shape index (κ2) is 4.31. The van der Waals surface area contributed by atoms with Crippen molar-refractivity contribution in [3.05, 3.63) is 34.3 Å². The Kier molecular flexibility index (Phi) is 3.55. The summed E-state index contributed by atoms with van der Waals surface area (Å²) in [5.74, 6) is 0. The second-order valence-electron chi connectivity index (χ2n) is 2.68. The molecule has 0 bridgehead atoms. The van der Waals surface area contributed by atoms with Gasteiger partial charge in [-0.15, -0.1) is 0 Å². The topological polar surface area (TPSA) is 9.23 Å². The number of halogens is 4. The number of ether oxygens (including phenoxy) is 1. The zero-order chi connectivity index (χ0) is 10.8. The molecule has 0 saturated carbocycles. The molecule has 0 saturated heterocycles. The maximum atomic E-state index is 12.4. The van der Waals surface area contributed by atoms with Crippen LogP contribution in [0.5, 0.6) is 0 Å². The van der Waals surface area contributed by atoms with Gasteiger partial charge >= 0.3 is 6.18 Å². The number of alkyl halides is 3. The van der Waals surface area contributed by atoms with Crippen molar-refractivity contribution in [2.75, 3.05) is 7.11 Å². The Morgan fingerprint density at radius 1 is 1.29 bits per heavy atom. The minimum Gasteiger partial charge on any atom is -0.367 e. The van der Waals surface area contributed by atoms with E-state index < -0.39 is 12.3 Å². The molecule has 1 atom stereocenters. The first-order valence-corrected chi connectivity index (χ1v) is 4.60. The van der Waals surface area contributed by atoms with Gasteiger partial charge in [0.25, 0.3) is 0 Å². The van der Waals surface area contributed by atoms with Gasteiger partial charge < -0.3 is 4.74 Å². The van der Waals surface area contributed by atoms with Gasteiger partial charge in [0, 0.05) is 17.1 Å². The lowest BCUT2D eigenvalue weighted by Crippen LogP contribution is -2.22. The molecule has 1 nitrogen and oxygen atoms in total. The van der Waals surface area contributed by atoms with Crippen molar-refractivity contribution in [1.29, 1.82) is 0 Å². The van der Waals surface area contributed by atoms with Crippen LogP contribution >= 0.6 is 15.9 Å². The summed E-state index contributed by atoms with van der Waals surface area (Å²) in [6.45, 7) is 0. The van der Waals surface area contributed by atoms with E-state index in [1.165, 1.54) is 12.1 Å². The summed E-state index contributed by atoms with van der Waals surface area (Å²) >= 11 is 3.05. The van der Waals surface area contributed by atoms with Gasteiger partial charge in [0.05, 0.1) is 0 Å². The van der Waals surface area contributed by atoms with Crippen LogP contribution < -0.4 is 0 Å². The lowest BCUT2D eigenvalue weighted by molar-refractivity contribution is -0.216. The largest absolute Gasteiger partial charge is 0.418 e. The molecule has 1 rings (SSSR count). The molecule has 5 heteroatoms. The molecule has 78 valence electrons. The molecular weight excluding hydrogens is 261 g/mol. The molecule has 0 aliphatic rings. The Morgan fingerprint density at radius 2 is 1.86 bits per heavy atom. The Morgan fingerprint density at radius 3 is 2.29 bits per heavy atom. The van der Waals surface area contributed by atoms with E-state index in [4.69, 9.17) is 0 Å². The number of hydrogen-bond acceptors (Lipinski definition) is 1. The van der Waals surface area contributed by atoms with E-state index in [9.17, 15) is 13.2 Å². The zero-order valence-corrected chi connectivity index (χ0v) is 8.89. The number of rotatable bonds is 2. The van der Waals surface area contributed by atoms with Crippen molar-refractivity contribution in [3.8, 4) is 0 Å². The van der Waals surface area contributed by atoms with Gasteiger partial charge in [-0.05, 0) is 6.07 Å². The summed E-state index contributed by atoms with van der Waals surface area (Å²) in [7, 11) is 1.04. The summed E-state index contributed by atoms with van der Waals surface area (Å²) in [4.78, 5) is 0. The molecule has 1 unspecified atom stereocenters. The first-order valence-electron chi connectivity index (χ1n) is 3.80. The number of methoxy groups -OCH3 is 1. The third-order valence-corrected chi connectivity index (χ3v) is 2.44. The van der Waals surface area contributed by atoms with Crippen molar-refractivity contribution < 1.29 is 17.9 Å². The zero-order valence-electron chi connectivity index (χ0n) is 7.31. The summed E-state index contributed by atoms with van der Waals surface area (Å²) in [5.41, 5.74) is 0.0856. The molecule has 0 aliphatic heterocycles. The quantitative estimate of drug-likeness (QED) is 0.795. The molecule has 0 N–H and O–H groups in total.